The van der Waals surface area contributed by atoms with Crippen molar-refractivity contribution in [2.24, 2.45) is 9.98 Å². The summed E-state index contributed by atoms with van der Waals surface area (Å²) in [4.78, 5) is 9.39. The van der Waals surface area contributed by atoms with E-state index in [1.54, 1.807) is 11.2 Å². The number of amidine groups is 1. The normalized spacial score (nSPS) is 12.2. The second-order valence-corrected chi connectivity index (χ2v) is 4.17. The van der Waals surface area contributed by atoms with Gasteiger partial charge in [-0.1, -0.05) is 0 Å². The average molecular weight is 359 g/mol. The number of aliphatic hydroxyl groups excluding tert-OH is 1. The third kappa shape index (κ3) is 6.65. The Morgan fingerprint density at radius 3 is 2.67 bits per heavy atom. The number of rotatable bonds is 3. The zero-order chi connectivity index (χ0) is 9.56. The zero-order valence-corrected chi connectivity index (χ0v) is 10.5. The Balaban J connectivity index is 4.11. The molecule has 4 nitrogen and oxygen atoms in total. The van der Waals surface area contributed by atoms with Gasteiger partial charge >= 0.3 is 87.3 Å². The van der Waals surface area contributed by atoms with Gasteiger partial charge in [-0.3, -0.25) is 0 Å². The average Bonchev–Trinajstić information content (AvgIpc) is 2.00. The molecule has 0 aromatic heterocycles. The molecule has 0 spiro atoms. The van der Waals surface area contributed by atoms with Gasteiger partial charge in [-0.05, 0) is 0 Å². The van der Waals surface area contributed by atoms with E-state index < -0.39 is 0 Å². The van der Waals surface area contributed by atoms with E-state index in [4.69, 9.17) is 16.7 Å². The molecule has 0 aromatic carbocycles. The number of nitrogens with zero attached hydrogens (tertiary/aromatic N) is 3. The van der Waals surface area contributed by atoms with Crippen molar-refractivity contribution in [3.8, 4) is 0 Å². The van der Waals surface area contributed by atoms with E-state index in [-0.39, 0.29) is 11.9 Å². The Bertz CT molecular complexity index is 215. The monoisotopic (exact) mass is 359 g/mol. The number of hydrogen-bond acceptors (Lipinski definition) is 2. The first-order valence-electron chi connectivity index (χ1n) is 3.14. The Morgan fingerprint density at radius 1 is 1.67 bits per heavy atom. The summed E-state index contributed by atoms with van der Waals surface area (Å²) in [5.74, 6) is 0. The van der Waals surface area contributed by atoms with Crippen molar-refractivity contribution in [1.82, 2.24) is 4.90 Å². The van der Waals surface area contributed by atoms with Gasteiger partial charge in [-0.25, -0.2) is 0 Å². The number of aliphatic hydroxyl groups is 1. The van der Waals surface area contributed by atoms with Gasteiger partial charge in [0.2, 0.25) is 0 Å². The topological polar surface area (TPSA) is 48.2 Å². The molecule has 6 heteroatoms. The Kier molecular flexibility index (Phi) is 6.43. The number of halogens is 1. The fourth-order valence-electron chi connectivity index (χ4n) is 0.330. The van der Waals surface area contributed by atoms with Crippen LogP contribution in [0, 0.1) is 0 Å². The van der Waals surface area contributed by atoms with Crippen molar-refractivity contribution in [1.29, 1.82) is 0 Å². The van der Waals surface area contributed by atoms with Crippen LogP contribution in [0.1, 0.15) is 0 Å². The van der Waals surface area contributed by atoms with E-state index in [9.17, 15) is 0 Å². The summed E-state index contributed by atoms with van der Waals surface area (Å²) in [5.41, 5.74) is 0. The zero-order valence-electron chi connectivity index (χ0n) is 6.86. The maximum atomic E-state index is 8.62. The van der Waals surface area contributed by atoms with Crippen LogP contribution in [0.2, 0.25) is 0 Å². The van der Waals surface area contributed by atoms with Crippen LogP contribution in [0.4, 0.5) is 0 Å². The van der Waals surface area contributed by atoms with E-state index in [2.05, 4.69) is 9.98 Å². The minimum absolute atomic E-state index is 0.0664. The fraction of sp³-hybridized carbons (Fsp3) is 0.500. The van der Waals surface area contributed by atoms with Gasteiger partial charge in [-0.15, -0.1) is 0 Å². The van der Waals surface area contributed by atoms with Gasteiger partial charge in [0.05, 0.1) is 0 Å². The van der Waals surface area contributed by atoms with Crippen LogP contribution in [0.15, 0.2) is 9.98 Å². The molecule has 0 radical (unpaired) electrons. The van der Waals surface area contributed by atoms with Gasteiger partial charge in [0.1, 0.15) is 0 Å². The Hall–Kier alpha value is -0.0517. The SMILES string of the molecule is CN(C)C=NC(Cl)=N[C](=[W])CO. The van der Waals surface area contributed by atoms with Crippen molar-refractivity contribution in [3.63, 3.8) is 0 Å². The maximum absolute atomic E-state index is 8.62. The van der Waals surface area contributed by atoms with Crippen LogP contribution in [0.3, 0.4) is 0 Å². The predicted octanol–water partition coefficient (Wildman–Crippen LogP) is -0.160. The molecule has 0 fully saturated rings. The summed E-state index contributed by atoms with van der Waals surface area (Å²) in [5, 5.41) is 8.76. The molecule has 0 bridgehead atoms. The summed E-state index contributed by atoms with van der Waals surface area (Å²) in [6, 6.07) is 0. The second kappa shape index (κ2) is 6.46. The molecule has 0 saturated heterocycles. The Labute approximate surface area is 87.4 Å². The van der Waals surface area contributed by atoms with E-state index in [1.165, 1.54) is 0 Å². The third-order valence-corrected chi connectivity index (χ3v) is 1.72. The fourth-order valence-corrected chi connectivity index (χ4v) is 0.987. The number of aliphatic imine (C=N–C) groups is 2. The van der Waals surface area contributed by atoms with E-state index in [1.807, 2.05) is 14.1 Å². The van der Waals surface area contributed by atoms with Crippen LogP contribution in [-0.4, -0.2) is 46.4 Å². The molecule has 0 aliphatic heterocycles. The van der Waals surface area contributed by atoms with Crippen LogP contribution in [0.25, 0.3) is 0 Å². The molecular weight excluding hydrogens is 349 g/mol. The van der Waals surface area contributed by atoms with Crippen molar-refractivity contribution in [3.05, 3.63) is 0 Å². The molecule has 0 atom stereocenters. The van der Waals surface area contributed by atoms with Crippen LogP contribution < -0.4 is 0 Å². The first kappa shape index (κ1) is 11.9. The minimum atomic E-state index is -0.0664. The summed E-state index contributed by atoms with van der Waals surface area (Å²) in [7, 11) is 3.67. The summed E-state index contributed by atoms with van der Waals surface area (Å²) in [6.07, 6.45) is 1.55. The molecule has 0 unspecified atom stereocenters. The number of hydrogen-bond donors (Lipinski definition) is 1. The molecule has 0 aromatic rings. The Morgan fingerprint density at radius 2 is 2.25 bits per heavy atom. The molecule has 1 N–H and O–H groups in total. The van der Waals surface area contributed by atoms with Crippen molar-refractivity contribution in [2.45, 2.75) is 0 Å². The summed E-state index contributed by atoms with van der Waals surface area (Å²) in [6.45, 7) is -0.0664. The molecule has 0 aliphatic rings. The van der Waals surface area contributed by atoms with Crippen molar-refractivity contribution >= 4 is 27.3 Å². The predicted molar refractivity (Wildman–Crippen MR) is 47.6 cm³/mol. The van der Waals surface area contributed by atoms with Gasteiger partial charge in [0, 0.05) is 0 Å². The van der Waals surface area contributed by atoms with Gasteiger partial charge in [0.25, 0.3) is 0 Å². The van der Waals surface area contributed by atoms with E-state index in [0.29, 0.717) is 4.02 Å². The molecule has 0 aliphatic carbocycles. The molecule has 12 heavy (non-hydrogen) atoms. The van der Waals surface area contributed by atoms with E-state index >= 15 is 0 Å². The quantitative estimate of drug-likeness (QED) is 0.433. The molecular formula is C6H10ClN3OW. The molecule has 0 heterocycles. The molecule has 0 amide bonds. The van der Waals surface area contributed by atoms with Crippen LogP contribution in [0.5, 0.6) is 0 Å². The van der Waals surface area contributed by atoms with Gasteiger partial charge in [0.15, 0.2) is 0 Å². The molecule has 0 rings (SSSR count). The van der Waals surface area contributed by atoms with Crippen LogP contribution >= 0.6 is 11.6 Å². The van der Waals surface area contributed by atoms with Gasteiger partial charge in [-0.2, -0.15) is 0 Å². The summed E-state index contributed by atoms with van der Waals surface area (Å²) < 4.78 is 0.621. The molecule has 0 saturated carbocycles. The first-order valence-corrected chi connectivity index (χ1v) is 4.99. The van der Waals surface area contributed by atoms with Crippen molar-refractivity contribution in [2.75, 3.05) is 20.7 Å². The van der Waals surface area contributed by atoms with E-state index in [0.717, 1.165) is 19.4 Å². The standard InChI is InChI=1S/C6H10ClN3O.W/c1-10(2)5-9-6(7)8-3-4-11;/h5,11H,4H2,1-2H3;. The first-order chi connectivity index (χ1) is 5.56. The van der Waals surface area contributed by atoms with Gasteiger partial charge < -0.3 is 0 Å². The third-order valence-electron chi connectivity index (χ3n) is 0.747. The van der Waals surface area contributed by atoms with Crippen LogP contribution in [-0.2, 0) is 19.4 Å². The molecule has 68 valence electrons. The summed E-state index contributed by atoms with van der Waals surface area (Å²) >= 11 is 6.69. The van der Waals surface area contributed by atoms with Crippen molar-refractivity contribution < 1.29 is 24.5 Å². The second-order valence-electron chi connectivity index (χ2n) is 2.14.